The highest BCUT2D eigenvalue weighted by Gasteiger charge is 2.23. The van der Waals surface area contributed by atoms with E-state index >= 15 is 0 Å². The van der Waals surface area contributed by atoms with Crippen molar-refractivity contribution in [1.29, 1.82) is 0 Å². The molecule has 0 radical (unpaired) electrons. The molecule has 1 fully saturated rings. The van der Waals surface area contributed by atoms with Crippen LogP contribution in [-0.2, 0) is 10.0 Å². The lowest BCUT2D eigenvalue weighted by molar-refractivity contribution is 0.0696. The minimum atomic E-state index is -3.00. The topological polar surface area (TPSA) is 126 Å². The quantitative estimate of drug-likeness (QED) is 0.781. The number of carboxylic acids is 1. The van der Waals surface area contributed by atoms with Crippen LogP contribution in [0.5, 0.6) is 0 Å². The van der Waals surface area contributed by atoms with Gasteiger partial charge in [-0.2, -0.15) is 0 Å². The first-order valence-electron chi connectivity index (χ1n) is 8.32. The summed E-state index contributed by atoms with van der Waals surface area (Å²) in [6.45, 7) is 1.59. The van der Waals surface area contributed by atoms with Crippen LogP contribution >= 0.6 is 0 Å². The molecular weight excluding hydrogens is 375 g/mol. The van der Waals surface area contributed by atoms with E-state index < -0.39 is 16.0 Å². The highest BCUT2D eigenvalue weighted by molar-refractivity contribution is 7.89. The number of benzene rings is 1. The summed E-state index contributed by atoms with van der Waals surface area (Å²) in [5.41, 5.74) is 5.69. The van der Waals surface area contributed by atoms with E-state index in [1.807, 2.05) is 0 Å². The van der Waals surface area contributed by atoms with Gasteiger partial charge in [0, 0.05) is 37.6 Å². The van der Waals surface area contributed by atoms with Crippen LogP contribution < -0.4 is 5.73 Å². The second kappa shape index (κ2) is 9.49. The molecule has 0 saturated carbocycles. The maximum absolute atomic E-state index is 12.9. The maximum atomic E-state index is 12.9. The van der Waals surface area contributed by atoms with E-state index in [4.69, 9.17) is 10.8 Å². The Labute approximate surface area is 156 Å². The number of halogens is 1. The summed E-state index contributed by atoms with van der Waals surface area (Å²) < 4.78 is 37.0. The fourth-order valence-electron chi connectivity index (χ4n) is 2.46. The Bertz CT molecular complexity index is 869. The number of hydrogen-bond donors (Lipinski definition) is 2. The average Bonchev–Trinajstić information content (AvgIpc) is 3.18. The molecule has 1 aliphatic heterocycles. The zero-order valence-electron chi connectivity index (χ0n) is 14.6. The largest absolute Gasteiger partial charge is 0.478 e. The van der Waals surface area contributed by atoms with Crippen LogP contribution in [0.3, 0.4) is 0 Å². The van der Waals surface area contributed by atoms with Gasteiger partial charge in [0.2, 0.25) is 10.0 Å². The first-order valence-corrected chi connectivity index (χ1v) is 9.93. The third-order valence-corrected chi connectivity index (χ3v) is 5.72. The molecule has 0 unspecified atom stereocenters. The molecule has 2 aromatic rings. The van der Waals surface area contributed by atoms with Gasteiger partial charge in [0.05, 0.1) is 11.3 Å². The minimum absolute atomic E-state index is 0.000142. The summed E-state index contributed by atoms with van der Waals surface area (Å²) in [6, 6.07) is 5.79. The Morgan fingerprint density at radius 3 is 2.37 bits per heavy atom. The van der Waals surface area contributed by atoms with Crippen LogP contribution in [0.2, 0.25) is 0 Å². The SMILES string of the molecule is NCCS(=O)(=O)N1CCCC1.O=C(O)c1cnc(-c2cccc(F)c2)nc1. The first-order chi connectivity index (χ1) is 12.8. The lowest BCUT2D eigenvalue weighted by atomic mass is 10.2. The van der Waals surface area contributed by atoms with E-state index in [1.165, 1.54) is 28.8 Å². The molecule has 1 aliphatic rings. The Balaban J connectivity index is 0.000000208. The van der Waals surface area contributed by atoms with Crippen LogP contribution in [0.1, 0.15) is 23.2 Å². The Morgan fingerprint density at radius 1 is 1.22 bits per heavy atom. The van der Waals surface area contributed by atoms with E-state index in [9.17, 15) is 17.6 Å². The van der Waals surface area contributed by atoms with Crippen LogP contribution in [-0.4, -0.2) is 59.2 Å². The molecule has 8 nitrogen and oxygen atoms in total. The number of rotatable bonds is 5. The summed E-state index contributed by atoms with van der Waals surface area (Å²) in [5, 5.41) is 8.65. The highest BCUT2D eigenvalue weighted by atomic mass is 32.2. The maximum Gasteiger partial charge on any atom is 0.338 e. The zero-order chi connectivity index (χ0) is 19.9. The van der Waals surface area contributed by atoms with Gasteiger partial charge in [-0.05, 0) is 25.0 Å². The molecule has 1 saturated heterocycles. The van der Waals surface area contributed by atoms with E-state index in [0.717, 1.165) is 12.8 Å². The summed E-state index contributed by atoms with van der Waals surface area (Å²) in [5.74, 6) is -1.09. The van der Waals surface area contributed by atoms with Crippen molar-refractivity contribution in [3.63, 3.8) is 0 Å². The van der Waals surface area contributed by atoms with Gasteiger partial charge < -0.3 is 10.8 Å². The zero-order valence-corrected chi connectivity index (χ0v) is 15.4. The van der Waals surface area contributed by atoms with Gasteiger partial charge in [-0.3, -0.25) is 0 Å². The second-order valence-electron chi connectivity index (χ2n) is 5.82. The van der Waals surface area contributed by atoms with Crippen LogP contribution in [0, 0.1) is 5.82 Å². The number of carbonyl (C=O) groups is 1. The monoisotopic (exact) mass is 396 g/mol. The first kappa shape index (κ1) is 20.9. The molecule has 0 atom stereocenters. The van der Waals surface area contributed by atoms with Gasteiger partial charge in [0.25, 0.3) is 0 Å². The van der Waals surface area contributed by atoms with Crippen molar-refractivity contribution in [3.8, 4) is 11.4 Å². The van der Waals surface area contributed by atoms with Crippen molar-refractivity contribution in [2.24, 2.45) is 5.73 Å². The molecule has 1 aromatic carbocycles. The third-order valence-electron chi connectivity index (χ3n) is 3.82. The Hall–Kier alpha value is -2.43. The van der Waals surface area contributed by atoms with Gasteiger partial charge in [0.1, 0.15) is 5.82 Å². The number of aromatic nitrogens is 2. The Kier molecular flexibility index (Phi) is 7.34. The van der Waals surface area contributed by atoms with Crippen LogP contribution in [0.15, 0.2) is 36.7 Å². The van der Waals surface area contributed by atoms with E-state index in [1.54, 1.807) is 12.1 Å². The summed E-state index contributed by atoms with van der Waals surface area (Å²) in [7, 11) is -3.00. The molecular formula is C17H21FN4O4S. The van der Waals surface area contributed by atoms with Crippen molar-refractivity contribution >= 4 is 16.0 Å². The van der Waals surface area contributed by atoms with Gasteiger partial charge >= 0.3 is 5.97 Å². The molecule has 0 bridgehead atoms. The van der Waals surface area contributed by atoms with E-state index in [-0.39, 0.29) is 23.7 Å². The predicted octanol–water partition coefficient (Wildman–Crippen LogP) is 1.35. The van der Waals surface area contributed by atoms with Crippen LogP contribution in [0.25, 0.3) is 11.4 Å². The number of carboxylic acid groups (broad SMARTS) is 1. The molecule has 0 aliphatic carbocycles. The number of nitrogens with two attached hydrogens (primary N) is 1. The number of nitrogens with zero attached hydrogens (tertiary/aromatic N) is 3. The average molecular weight is 396 g/mol. The number of sulfonamides is 1. The molecule has 2 heterocycles. The summed E-state index contributed by atoms with van der Waals surface area (Å²) in [4.78, 5) is 18.3. The molecule has 0 amide bonds. The third kappa shape index (κ3) is 6.05. The fourth-order valence-corrected chi connectivity index (χ4v) is 3.83. The molecule has 10 heteroatoms. The standard InChI is InChI=1S/C11H7FN2O2.C6H14N2O2S/c12-9-3-1-2-7(4-9)10-13-5-8(6-14-10)11(15)16;7-3-6-11(9,10)8-4-1-2-5-8/h1-6H,(H,15,16);1-7H2. The van der Waals surface area contributed by atoms with Gasteiger partial charge in [-0.25, -0.2) is 31.9 Å². The lowest BCUT2D eigenvalue weighted by Crippen LogP contribution is -2.32. The molecule has 0 spiro atoms. The molecule has 27 heavy (non-hydrogen) atoms. The molecule has 146 valence electrons. The van der Waals surface area contributed by atoms with Crippen LogP contribution in [0.4, 0.5) is 4.39 Å². The molecule has 3 rings (SSSR count). The van der Waals surface area contributed by atoms with Crippen molar-refractivity contribution in [3.05, 3.63) is 48.0 Å². The van der Waals surface area contributed by atoms with Gasteiger partial charge in [-0.1, -0.05) is 12.1 Å². The van der Waals surface area contributed by atoms with Crippen molar-refractivity contribution < 1.29 is 22.7 Å². The highest BCUT2D eigenvalue weighted by Crippen LogP contribution is 2.15. The summed E-state index contributed by atoms with van der Waals surface area (Å²) >= 11 is 0. The van der Waals surface area contributed by atoms with Crippen molar-refractivity contribution in [2.75, 3.05) is 25.4 Å². The van der Waals surface area contributed by atoms with Gasteiger partial charge in [0.15, 0.2) is 5.82 Å². The smallest absolute Gasteiger partial charge is 0.338 e. The fraction of sp³-hybridized carbons (Fsp3) is 0.353. The van der Waals surface area contributed by atoms with E-state index in [2.05, 4.69) is 9.97 Å². The van der Waals surface area contributed by atoms with E-state index in [0.29, 0.717) is 24.5 Å². The molecule has 3 N–H and O–H groups in total. The number of aromatic carboxylic acids is 1. The summed E-state index contributed by atoms with van der Waals surface area (Å²) in [6.07, 6.45) is 4.36. The normalized spacial score (nSPS) is 14.4. The predicted molar refractivity (Wildman–Crippen MR) is 98.0 cm³/mol. The Morgan fingerprint density at radius 2 is 1.85 bits per heavy atom. The lowest BCUT2D eigenvalue weighted by Gasteiger charge is -2.13. The van der Waals surface area contributed by atoms with Gasteiger partial charge in [-0.15, -0.1) is 0 Å². The van der Waals surface area contributed by atoms with Crippen molar-refractivity contribution in [2.45, 2.75) is 12.8 Å². The minimum Gasteiger partial charge on any atom is -0.478 e. The second-order valence-corrected chi connectivity index (χ2v) is 7.91. The number of hydrogen-bond acceptors (Lipinski definition) is 6. The molecule has 1 aromatic heterocycles. The van der Waals surface area contributed by atoms with Crippen molar-refractivity contribution in [1.82, 2.24) is 14.3 Å².